The van der Waals surface area contributed by atoms with Crippen LogP contribution in [0.5, 0.6) is 11.5 Å². The third-order valence-corrected chi connectivity index (χ3v) is 9.36. The van der Waals surface area contributed by atoms with Gasteiger partial charge in [-0.05, 0) is 80.8 Å². The normalized spacial score (nSPS) is 12.5. The standard InChI is InChI=1S/C36H41N3O5S/c1-5-28(4)37-36(41)34(6-2)38(25-29-13-9-7-10-14-29)35(40)26-39(45(42,43)33-23-17-27(3)18-24-33)30-19-21-32(22-20-30)44-31-15-11-8-12-16-31/h7-24,28,34H,5-6,25-26H2,1-4H3,(H,37,41)/t28-,34+/m1/s1. The van der Waals surface area contributed by atoms with E-state index in [9.17, 15) is 18.0 Å². The maximum Gasteiger partial charge on any atom is 0.264 e. The molecule has 0 aromatic heterocycles. The number of sulfonamides is 1. The largest absolute Gasteiger partial charge is 0.457 e. The number of nitrogens with zero attached hydrogens (tertiary/aromatic N) is 2. The number of anilines is 1. The highest BCUT2D eigenvalue weighted by Crippen LogP contribution is 2.29. The summed E-state index contributed by atoms with van der Waals surface area (Å²) in [6.07, 6.45) is 1.10. The maximum absolute atomic E-state index is 14.2. The zero-order chi connectivity index (χ0) is 32.4. The lowest BCUT2D eigenvalue weighted by molar-refractivity contribution is -0.140. The molecule has 9 heteroatoms. The van der Waals surface area contributed by atoms with E-state index in [2.05, 4.69) is 5.32 Å². The van der Waals surface area contributed by atoms with Gasteiger partial charge in [-0.2, -0.15) is 0 Å². The van der Waals surface area contributed by atoms with Crippen molar-refractivity contribution in [3.8, 4) is 11.5 Å². The van der Waals surface area contributed by atoms with Gasteiger partial charge in [0.15, 0.2) is 0 Å². The van der Waals surface area contributed by atoms with Crippen LogP contribution in [0.25, 0.3) is 0 Å². The molecule has 4 aromatic rings. The highest BCUT2D eigenvalue weighted by Gasteiger charge is 2.34. The Morgan fingerprint density at radius 2 is 1.36 bits per heavy atom. The van der Waals surface area contributed by atoms with Crippen molar-refractivity contribution in [2.75, 3.05) is 10.8 Å². The van der Waals surface area contributed by atoms with Gasteiger partial charge in [-0.3, -0.25) is 13.9 Å². The van der Waals surface area contributed by atoms with Crippen molar-refractivity contribution in [1.29, 1.82) is 0 Å². The molecular formula is C36H41N3O5S. The molecule has 0 radical (unpaired) electrons. The smallest absolute Gasteiger partial charge is 0.264 e. The van der Waals surface area contributed by atoms with Gasteiger partial charge < -0.3 is 15.0 Å². The van der Waals surface area contributed by atoms with E-state index >= 15 is 0 Å². The summed E-state index contributed by atoms with van der Waals surface area (Å²) >= 11 is 0. The fraction of sp³-hybridized carbons (Fsp3) is 0.278. The Balaban J connectivity index is 1.71. The van der Waals surface area contributed by atoms with Crippen LogP contribution in [0.15, 0.2) is 114 Å². The van der Waals surface area contributed by atoms with Crippen LogP contribution in [0.4, 0.5) is 5.69 Å². The lowest BCUT2D eigenvalue weighted by atomic mass is 10.1. The van der Waals surface area contributed by atoms with Gasteiger partial charge in [0.2, 0.25) is 11.8 Å². The summed E-state index contributed by atoms with van der Waals surface area (Å²) < 4.78 is 35.3. The van der Waals surface area contributed by atoms with Crippen LogP contribution in [0.3, 0.4) is 0 Å². The molecule has 1 N–H and O–H groups in total. The van der Waals surface area contributed by atoms with Gasteiger partial charge in [0.05, 0.1) is 10.6 Å². The number of ether oxygens (including phenoxy) is 1. The minimum atomic E-state index is -4.18. The molecule has 0 bridgehead atoms. The number of carbonyl (C=O) groups excluding carboxylic acids is 2. The topological polar surface area (TPSA) is 96.0 Å². The molecule has 4 rings (SSSR count). The monoisotopic (exact) mass is 627 g/mol. The van der Waals surface area contributed by atoms with Crippen LogP contribution in [-0.2, 0) is 26.2 Å². The first-order valence-electron chi connectivity index (χ1n) is 15.2. The van der Waals surface area contributed by atoms with Crippen molar-refractivity contribution >= 4 is 27.5 Å². The Bertz CT molecular complexity index is 1640. The van der Waals surface area contributed by atoms with E-state index in [1.54, 1.807) is 36.4 Å². The zero-order valence-electron chi connectivity index (χ0n) is 26.2. The minimum Gasteiger partial charge on any atom is -0.457 e. The van der Waals surface area contributed by atoms with Gasteiger partial charge in [0, 0.05) is 12.6 Å². The molecule has 0 saturated carbocycles. The van der Waals surface area contributed by atoms with Crippen molar-refractivity contribution in [3.05, 3.63) is 120 Å². The second kappa shape index (κ2) is 15.4. The Kier molecular flexibility index (Phi) is 11.4. The molecule has 0 heterocycles. The molecule has 0 saturated heterocycles. The Morgan fingerprint density at radius 1 is 0.778 bits per heavy atom. The van der Waals surface area contributed by atoms with Gasteiger partial charge in [-0.15, -0.1) is 0 Å². The summed E-state index contributed by atoms with van der Waals surface area (Å²) in [4.78, 5) is 29.2. The van der Waals surface area contributed by atoms with Crippen LogP contribution in [0.1, 0.15) is 44.7 Å². The Labute approximate surface area is 266 Å². The molecule has 0 spiro atoms. The molecule has 236 valence electrons. The van der Waals surface area contributed by atoms with Crippen LogP contribution < -0.4 is 14.4 Å². The fourth-order valence-electron chi connectivity index (χ4n) is 4.81. The quantitative estimate of drug-likeness (QED) is 0.168. The molecule has 0 fully saturated rings. The van der Waals surface area contributed by atoms with Gasteiger partial charge in [0.25, 0.3) is 10.0 Å². The molecule has 0 unspecified atom stereocenters. The van der Waals surface area contributed by atoms with Gasteiger partial charge >= 0.3 is 0 Å². The number of amides is 2. The highest BCUT2D eigenvalue weighted by molar-refractivity contribution is 7.92. The first-order valence-corrected chi connectivity index (χ1v) is 16.6. The maximum atomic E-state index is 14.2. The van der Waals surface area contributed by atoms with E-state index in [0.717, 1.165) is 21.9 Å². The van der Waals surface area contributed by atoms with Crippen molar-refractivity contribution in [3.63, 3.8) is 0 Å². The van der Waals surface area contributed by atoms with E-state index in [1.807, 2.05) is 88.4 Å². The minimum absolute atomic E-state index is 0.0571. The fourth-order valence-corrected chi connectivity index (χ4v) is 6.23. The van der Waals surface area contributed by atoms with E-state index in [-0.39, 0.29) is 23.4 Å². The lowest BCUT2D eigenvalue weighted by Crippen LogP contribution is -2.53. The van der Waals surface area contributed by atoms with Gasteiger partial charge in [0.1, 0.15) is 24.1 Å². The summed E-state index contributed by atoms with van der Waals surface area (Å²) in [7, 11) is -4.18. The number of benzene rings is 4. The van der Waals surface area contributed by atoms with E-state index in [4.69, 9.17) is 4.74 Å². The second-order valence-corrected chi connectivity index (χ2v) is 12.8. The number of rotatable bonds is 14. The van der Waals surface area contributed by atoms with Crippen molar-refractivity contribution in [1.82, 2.24) is 10.2 Å². The highest BCUT2D eigenvalue weighted by atomic mass is 32.2. The first-order chi connectivity index (χ1) is 21.6. The summed E-state index contributed by atoms with van der Waals surface area (Å²) in [6, 6.07) is 30.8. The summed E-state index contributed by atoms with van der Waals surface area (Å²) in [6.45, 7) is 7.25. The van der Waals surface area contributed by atoms with Crippen molar-refractivity contribution < 1.29 is 22.7 Å². The molecule has 0 aliphatic carbocycles. The van der Waals surface area contributed by atoms with E-state index < -0.39 is 28.5 Å². The van der Waals surface area contributed by atoms with Crippen molar-refractivity contribution in [2.24, 2.45) is 0 Å². The Morgan fingerprint density at radius 3 is 1.93 bits per heavy atom. The summed E-state index contributed by atoms with van der Waals surface area (Å²) in [5.41, 5.74) is 2.03. The number of hydrogen-bond acceptors (Lipinski definition) is 5. The molecule has 2 atom stereocenters. The zero-order valence-corrected chi connectivity index (χ0v) is 27.0. The van der Waals surface area contributed by atoms with E-state index in [0.29, 0.717) is 23.6 Å². The van der Waals surface area contributed by atoms with Crippen LogP contribution >= 0.6 is 0 Å². The third kappa shape index (κ3) is 8.73. The summed E-state index contributed by atoms with van der Waals surface area (Å²) in [5.74, 6) is 0.390. The van der Waals surface area contributed by atoms with Crippen LogP contribution in [0, 0.1) is 6.92 Å². The predicted octanol–water partition coefficient (Wildman–Crippen LogP) is 6.70. The molecule has 8 nitrogen and oxygen atoms in total. The SMILES string of the molecule is CC[C@@H](C)NC(=O)[C@H](CC)N(Cc1ccccc1)C(=O)CN(c1ccc(Oc2ccccc2)cc1)S(=O)(=O)c1ccc(C)cc1. The number of nitrogens with one attached hydrogen (secondary N) is 1. The number of hydrogen-bond donors (Lipinski definition) is 1. The molecular weight excluding hydrogens is 586 g/mol. The van der Waals surface area contributed by atoms with Gasteiger partial charge in [-0.25, -0.2) is 8.42 Å². The summed E-state index contributed by atoms with van der Waals surface area (Å²) in [5, 5.41) is 3.00. The third-order valence-electron chi connectivity index (χ3n) is 7.57. The molecule has 0 aliphatic heterocycles. The molecule has 2 amide bonds. The molecule has 0 aliphatic rings. The van der Waals surface area contributed by atoms with Crippen LogP contribution in [0.2, 0.25) is 0 Å². The number of para-hydroxylation sites is 1. The average molecular weight is 628 g/mol. The lowest BCUT2D eigenvalue weighted by Gasteiger charge is -2.33. The van der Waals surface area contributed by atoms with Crippen molar-refractivity contribution in [2.45, 2.75) is 64.1 Å². The predicted molar refractivity (Wildman–Crippen MR) is 178 cm³/mol. The molecule has 4 aromatic carbocycles. The van der Waals surface area contributed by atoms with Crippen LogP contribution in [-0.4, -0.2) is 43.8 Å². The first kappa shape index (κ1) is 33.3. The average Bonchev–Trinajstić information content (AvgIpc) is 3.05. The Hall–Kier alpha value is -4.63. The number of aryl methyl sites for hydroxylation is 1. The molecule has 45 heavy (non-hydrogen) atoms. The van der Waals surface area contributed by atoms with E-state index in [1.165, 1.54) is 17.0 Å². The van der Waals surface area contributed by atoms with Gasteiger partial charge in [-0.1, -0.05) is 80.1 Å². The second-order valence-electron chi connectivity index (χ2n) is 11.0. The number of carbonyl (C=O) groups is 2.